The number of hydrogen-bond donors (Lipinski definition) is 2. The van der Waals surface area contributed by atoms with Gasteiger partial charge in [-0.2, -0.15) is 9.97 Å². The van der Waals surface area contributed by atoms with Gasteiger partial charge < -0.3 is 15.8 Å². The van der Waals surface area contributed by atoms with E-state index in [1.54, 1.807) is 6.07 Å². The Labute approximate surface area is 108 Å². The van der Waals surface area contributed by atoms with Crippen molar-refractivity contribution < 1.29 is 9.13 Å². The van der Waals surface area contributed by atoms with Crippen molar-refractivity contribution in [1.29, 1.82) is 0 Å². The van der Waals surface area contributed by atoms with E-state index in [0.29, 0.717) is 5.82 Å². The number of halogens is 2. The Hall–Kier alpha value is -2.08. The lowest BCUT2D eigenvalue weighted by atomic mass is 10.3. The van der Waals surface area contributed by atoms with Crippen molar-refractivity contribution in [2.45, 2.75) is 0 Å². The highest BCUT2D eigenvalue weighted by molar-refractivity contribution is 6.33. The number of nitrogens with one attached hydrogen (secondary N) is 1. The molecule has 0 aliphatic rings. The maximum atomic E-state index is 13.6. The second-order valence-electron chi connectivity index (χ2n) is 3.38. The third-order valence-electron chi connectivity index (χ3n) is 2.14. The molecule has 0 amide bonds. The van der Waals surface area contributed by atoms with E-state index >= 15 is 0 Å². The van der Waals surface area contributed by atoms with Crippen molar-refractivity contribution in [3.63, 3.8) is 0 Å². The number of hydrogen-bond acceptors (Lipinski definition) is 5. The summed E-state index contributed by atoms with van der Waals surface area (Å²) < 4.78 is 18.5. The first-order valence-electron chi connectivity index (χ1n) is 4.99. The summed E-state index contributed by atoms with van der Waals surface area (Å²) in [6.45, 7) is 0. The number of anilines is 3. The number of nitrogen functional groups attached to an aromatic ring is 1. The lowest BCUT2D eigenvalue weighted by molar-refractivity contribution is 0.398. The molecule has 0 spiro atoms. The third kappa shape index (κ3) is 2.60. The molecular formula is C11H10ClFN4O. The van der Waals surface area contributed by atoms with Gasteiger partial charge in [0, 0.05) is 6.07 Å². The molecule has 0 radical (unpaired) electrons. The third-order valence-corrected chi connectivity index (χ3v) is 2.46. The highest BCUT2D eigenvalue weighted by Crippen LogP contribution is 2.28. The maximum absolute atomic E-state index is 13.6. The molecule has 0 aliphatic carbocycles. The highest BCUT2D eigenvalue weighted by Gasteiger charge is 2.09. The Balaban J connectivity index is 2.37. The summed E-state index contributed by atoms with van der Waals surface area (Å²) in [4.78, 5) is 7.73. The molecular weight excluding hydrogens is 259 g/mol. The van der Waals surface area contributed by atoms with Crippen LogP contribution < -0.4 is 15.8 Å². The second-order valence-corrected chi connectivity index (χ2v) is 3.78. The van der Waals surface area contributed by atoms with Crippen LogP contribution in [0.1, 0.15) is 0 Å². The van der Waals surface area contributed by atoms with Crippen molar-refractivity contribution in [3.05, 3.63) is 35.1 Å². The molecule has 7 heteroatoms. The number of aromatic nitrogens is 2. The van der Waals surface area contributed by atoms with Gasteiger partial charge in [0.05, 0.1) is 17.8 Å². The van der Waals surface area contributed by atoms with Crippen LogP contribution in [0.2, 0.25) is 5.02 Å². The molecule has 3 N–H and O–H groups in total. The molecule has 0 fully saturated rings. The number of ether oxygens (including phenoxy) is 1. The quantitative estimate of drug-likeness (QED) is 0.895. The fourth-order valence-electron chi connectivity index (χ4n) is 1.36. The summed E-state index contributed by atoms with van der Waals surface area (Å²) >= 11 is 5.88. The fourth-order valence-corrected chi connectivity index (χ4v) is 1.57. The van der Waals surface area contributed by atoms with E-state index in [2.05, 4.69) is 15.3 Å². The molecule has 94 valence electrons. The van der Waals surface area contributed by atoms with Crippen molar-refractivity contribution in [1.82, 2.24) is 9.97 Å². The summed E-state index contributed by atoms with van der Waals surface area (Å²) in [7, 11) is 1.45. The zero-order chi connectivity index (χ0) is 13.1. The van der Waals surface area contributed by atoms with Crippen LogP contribution in [0.3, 0.4) is 0 Å². The van der Waals surface area contributed by atoms with E-state index < -0.39 is 5.82 Å². The van der Waals surface area contributed by atoms with Crippen LogP contribution in [0.25, 0.3) is 0 Å². The van der Waals surface area contributed by atoms with Crippen molar-refractivity contribution in [2.75, 3.05) is 18.2 Å². The number of methoxy groups -OCH3 is 1. The van der Waals surface area contributed by atoms with Gasteiger partial charge in [0.25, 0.3) is 0 Å². The van der Waals surface area contributed by atoms with E-state index in [1.807, 2.05) is 0 Å². The van der Waals surface area contributed by atoms with E-state index in [4.69, 9.17) is 22.1 Å². The summed E-state index contributed by atoms with van der Waals surface area (Å²) in [5.41, 5.74) is 5.62. The molecule has 0 bridgehead atoms. The smallest absolute Gasteiger partial charge is 0.225 e. The van der Waals surface area contributed by atoms with Crippen LogP contribution in [0.4, 0.5) is 21.8 Å². The zero-order valence-electron chi connectivity index (χ0n) is 9.45. The highest BCUT2D eigenvalue weighted by atomic mass is 35.5. The second kappa shape index (κ2) is 5.05. The monoisotopic (exact) mass is 268 g/mol. The van der Waals surface area contributed by atoms with Gasteiger partial charge in [-0.05, 0) is 12.1 Å². The first-order valence-corrected chi connectivity index (χ1v) is 5.37. The number of para-hydroxylation sites is 1. The first kappa shape index (κ1) is 12.4. The number of nitrogens with two attached hydrogens (primary N) is 1. The summed E-state index contributed by atoms with van der Waals surface area (Å²) in [6, 6.07) is 5.85. The van der Waals surface area contributed by atoms with E-state index in [-0.39, 0.29) is 22.5 Å². The van der Waals surface area contributed by atoms with Crippen molar-refractivity contribution in [3.8, 4) is 5.88 Å². The molecule has 5 nitrogen and oxygen atoms in total. The van der Waals surface area contributed by atoms with Crippen molar-refractivity contribution in [2.24, 2.45) is 0 Å². The van der Waals surface area contributed by atoms with Crippen molar-refractivity contribution >= 4 is 29.1 Å². The Morgan fingerprint density at radius 3 is 2.83 bits per heavy atom. The minimum atomic E-state index is -0.487. The average Bonchev–Trinajstić information content (AvgIpc) is 2.33. The Bertz CT molecular complexity index is 559. The maximum Gasteiger partial charge on any atom is 0.225 e. The number of benzene rings is 1. The topological polar surface area (TPSA) is 73.1 Å². The molecule has 0 saturated carbocycles. The van der Waals surface area contributed by atoms with E-state index in [0.717, 1.165) is 0 Å². The van der Waals surface area contributed by atoms with Gasteiger partial charge >= 0.3 is 0 Å². The molecule has 0 atom stereocenters. The molecule has 0 aliphatic heterocycles. The zero-order valence-corrected chi connectivity index (χ0v) is 10.2. The van der Waals surface area contributed by atoms with Crippen LogP contribution in [0, 0.1) is 5.82 Å². The Morgan fingerprint density at radius 2 is 2.17 bits per heavy atom. The molecule has 2 aromatic rings. The van der Waals surface area contributed by atoms with Crippen LogP contribution in [-0.2, 0) is 0 Å². The predicted molar refractivity (Wildman–Crippen MR) is 67.7 cm³/mol. The lowest BCUT2D eigenvalue weighted by Crippen LogP contribution is -2.03. The van der Waals surface area contributed by atoms with E-state index in [9.17, 15) is 4.39 Å². The number of rotatable bonds is 3. The summed E-state index contributed by atoms with van der Waals surface area (Å²) in [6.07, 6.45) is 0. The summed E-state index contributed by atoms with van der Waals surface area (Å²) in [5, 5.41) is 2.98. The molecule has 0 saturated heterocycles. The minimum absolute atomic E-state index is 0.0179. The van der Waals surface area contributed by atoms with Gasteiger partial charge in [0.15, 0.2) is 0 Å². The van der Waals surface area contributed by atoms with Gasteiger partial charge in [-0.25, -0.2) is 4.39 Å². The van der Waals surface area contributed by atoms with Crippen LogP contribution in [0.15, 0.2) is 24.3 Å². The minimum Gasteiger partial charge on any atom is -0.481 e. The SMILES string of the molecule is COc1cc(Nc2c(F)cccc2Cl)nc(N)n1. The summed E-state index contributed by atoms with van der Waals surface area (Å²) in [5.74, 6) is 0.103. The normalized spacial score (nSPS) is 10.2. The Morgan fingerprint density at radius 1 is 1.39 bits per heavy atom. The van der Waals surface area contributed by atoms with Gasteiger partial charge in [-0.15, -0.1) is 0 Å². The van der Waals surface area contributed by atoms with E-state index in [1.165, 1.54) is 25.3 Å². The predicted octanol–water partition coefficient (Wildman–Crippen LogP) is 2.60. The Kier molecular flexibility index (Phi) is 3.47. The molecule has 0 unspecified atom stereocenters. The molecule has 1 heterocycles. The molecule has 2 rings (SSSR count). The van der Waals surface area contributed by atoms with Gasteiger partial charge in [0.2, 0.25) is 11.8 Å². The largest absolute Gasteiger partial charge is 0.481 e. The van der Waals surface area contributed by atoms with Crippen LogP contribution in [-0.4, -0.2) is 17.1 Å². The van der Waals surface area contributed by atoms with Gasteiger partial charge in [-0.1, -0.05) is 17.7 Å². The van der Waals surface area contributed by atoms with Crippen LogP contribution >= 0.6 is 11.6 Å². The first-order chi connectivity index (χ1) is 8.60. The van der Waals surface area contributed by atoms with Gasteiger partial charge in [-0.3, -0.25) is 0 Å². The molecule has 1 aromatic heterocycles. The lowest BCUT2D eigenvalue weighted by Gasteiger charge is -2.09. The molecule has 1 aromatic carbocycles. The average molecular weight is 269 g/mol. The van der Waals surface area contributed by atoms with Gasteiger partial charge in [0.1, 0.15) is 11.6 Å². The molecule has 18 heavy (non-hydrogen) atoms. The van der Waals surface area contributed by atoms with Crippen LogP contribution in [0.5, 0.6) is 5.88 Å². The standard InChI is InChI=1S/C11H10ClFN4O/c1-18-9-5-8(16-11(14)17-9)15-10-6(12)3-2-4-7(10)13/h2-5H,1H3,(H3,14,15,16,17). The number of nitrogens with zero attached hydrogens (tertiary/aromatic N) is 2. The fraction of sp³-hybridized carbons (Fsp3) is 0.0909.